The van der Waals surface area contributed by atoms with E-state index in [1.165, 1.54) is 16.7 Å². The van der Waals surface area contributed by atoms with Crippen molar-refractivity contribution >= 4 is 5.91 Å². The third kappa shape index (κ3) is 7.20. The molecule has 0 fully saturated rings. The zero-order chi connectivity index (χ0) is 23.5. The Morgan fingerprint density at radius 1 is 0.939 bits per heavy atom. The summed E-state index contributed by atoms with van der Waals surface area (Å²) in [7, 11) is 0. The molecule has 2 aromatic carbocycles. The Balaban J connectivity index is 0.00000385. The Morgan fingerprint density at radius 2 is 1.52 bits per heavy atom. The fraction of sp³-hybridized carbons (Fsp3) is 0.429. The Morgan fingerprint density at radius 3 is 2.06 bits per heavy atom. The average Bonchev–Trinajstić information content (AvgIpc) is 3.19. The van der Waals surface area contributed by atoms with Gasteiger partial charge in [-0.3, -0.25) is 4.79 Å². The highest BCUT2D eigenvalue weighted by Gasteiger charge is 2.22. The van der Waals surface area contributed by atoms with Gasteiger partial charge in [0.1, 0.15) is 18.9 Å². The van der Waals surface area contributed by atoms with Crippen LogP contribution in [0.4, 0.5) is 0 Å². The first-order valence-electron chi connectivity index (χ1n) is 11.5. The van der Waals surface area contributed by atoms with Gasteiger partial charge in [-0.1, -0.05) is 90.1 Å². The van der Waals surface area contributed by atoms with Crippen molar-refractivity contribution in [3.8, 4) is 0 Å². The van der Waals surface area contributed by atoms with Gasteiger partial charge >= 0.3 is 0 Å². The van der Waals surface area contributed by atoms with Gasteiger partial charge in [0, 0.05) is 6.54 Å². The van der Waals surface area contributed by atoms with Gasteiger partial charge in [-0.05, 0) is 40.0 Å². The number of imidazole rings is 1. The zero-order valence-corrected chi connectivity index (χ0v) is 21.8. The Labute approximate surface area is 205 Å². The molecule has 0 aliphatic carbocycles. The van der Waals surface area contributed by atoms with Crippen molar-refractivity contribution in [2.24, 2.45) is 0 Å². The lowest BCUT2D eigenvalue weighted by Gasteiger charge is -2.26. The van der Waals surface area contributed by atoms with Crippen LogP contribution in [0.25, 0.3) is 0 Å². The van der Waals surface area contributed by atoms with Crippen LogP contribution in [0.3, 0.4) is 0 Å². The van der Waals surface area contributed by atoms with Crippen LogP contribution in [-0.2, 0) is 28.7 Å². The van der Waals surface area contributed by atoms with Crippen molar-refractivity contribution in [3.63, 3.8) is 0 Å². The standard InChI is InChI=1S/C28H37N3O.ClH/c1-21(31-14-13-30(20-31)19-22-11-9-8-10-12-22)26(32)29-18-23-15-24(27(2,3)4)17-25(16-23)28(5,6)7;/h8-17,20-21H,18-19H2,1-7H3;1H/t21-;/m0./s1. The molecule has 0 saturated heterocycles. The number of rotatable bonds is 6. The number of nitrogens with one attached hydrogen (secondary N) is 1. The summed E-state index contributed by atoms with van der Waals surface area (Å²) < 4.78 is 4.06. The molecule has 0 unspecified atom stereocenters. The lowest BCUT2D eigenvalue weighted by Crippen LogP contribution is -3.00. The molecule has 33 heavy (non-hydrogen) atoms. The molecule has 1 N–H and O–H groups in total. The summed E-state index contributed by atoms with van der Waals surface area (Å²) in [6, 6.07) is 16.8. The van der Waals surface area contributed by atoms with Gasteiger partial charge in [-0.25, -0.2) is 9.13 Å². The van der Waals surface area contributed by atoms with E-state index < -0.39 is 0 Å². The third-order valence-electron chi connectivity index (χ3n) is 5.94. The van der Waals surface area contributed by atoms with Crippen LogP contribution >= 0.6 is 0 Å². The summed E-state index contributed by atoms with van der Waals surface area (Å²) in [6.07, 6.45) is 5.97. The van der Waals surface area contributed by atoms with E-state index in [4.69, 9.17) is 0 Å². The van der Waals surface area contributed by atoms with Gasteiger partial charge in [0.25, 0.3) is 5.91 Å². The molecule has 0 aliphatic rings. The second kappa shape index (κ2) is 10.6. The first-order valence-corrected chi connectivity index (χ1v) is 11.5. The Kier molecular flexibility index (Phi) is 8.53. The molecule has 0 aliphatic heterocycles. The normalized spacial score (nSPS) is 12.7. The number of aromatic nitrogens is 2. The second-order valence-corrected chi connectivity index (χ2v) is 10.8. The van der Waals surface area contributed by atoms with Gasteiger partial charge in [0.2, 0.25) is 6.33 Å². The summed E-state index contributed by atoms with van der Waals surface area (Å²) in [5.41, 5.74) is 5.11. The molecule has 1 atom stereocenters. The van der Waals surface area contributed by atoms with Gasteiger partial charge in [-0.2, -0.15) is 0 Å². The molecule has 0 radical (unpaired) electrons. The van der Waals surface area contributed by atoms with Crippen LogP contribution in [0.5, 0.6) is 0 Å². The first kappa shape index (κ1) is 26.7. The monoisotopic (exact) mass is 467 g/mol. The zero-order valence-electron chi connectivity index (χ0n) is 21.0. The molecule has 178 valence electrons. The number of halogens is 1. The van der Waals surface area contributed by atoms with Crippen molar-refractivity contribution in [2.75, 3.05) is 0 Å². The van der Waals surface area contributed by atoms with Crippen LogP contribution < -0.4 is 22.3 Å². The summed E-state index contributed by atoms with van der Waals surface area (Å²) in [5, 5.41) is 3.14. The highest BCUT2D eigenvalue weighted by Crippen LogP contribution is 2.30. The molecule has 1 aromatic heterocycles. The van der Waals surface area contributed by atoms with Crippen LogP contribution in [-0.4, -0.2) is 10.5 Å². The fourth-order valence-corrected chi connectivity index (χ4v) is 3.66. The SMILES string of the molecule is C[C@@H](C(=O)NCc1cc(C(C)(C)C)cc(C(C)(C)C)c1)n1cc[n+](Cc2ccccc2)c1.[Cl-]. The maximum atomic E-state index is 12.9. The minimum atomic E-state index is -0.278. The number of carbonyl (C=O) groups is 1. The van der Waals surface area contributed by atoms with E-state index >= 15 is 0 Å². The van der Waals surface area contributed by atoms with E-state index in [9.17, 15) is 4.79 Å². The lowest BCUT2D eigenvalue weighted by molar-refractivity contribution is -0.687. The largest absolute Gasteiger partial charge is 1.00 e. The van der Waals surface area contributed by atoms with Gasteiger partial charge in [0.05, 0.1) is 0 Å². The first-order chi connectivity index (χ1) is 14.9. The average molecular weight is 468 g/mol. The summed E-state index contributed by atoms with van der Waals surface area (Å²) in [4.78, 5) is 12.9. The van der Waals surface area contributed by atoms with Crippen LogP contribution in [0.15, 0.2) is 67.3 Å². The molecule has 4 nitrogen and oxygen atoms in total. The van der Waals surface area contributed by atoms with Gasteiger partial charge < -0.3 is 17.7 Å². The van der Waals surface area contributed by atoms with Crippen molar-refractivity contribution in [1.29, 1.82) is 0 Å². The molecule has 0 saturated carbocycles. The minimum Gasteiger partial charge on any atom is -1.00 e. The molecule has 1 heterocycles. The summed E-state index contributed by atoms with van der Waals surface area (Å²) in [5.74, 6) is 0.0194. The molecule has 0 spiro atoms. The molecule has 5 heteroatoms. The van der Waals surface area contributed by atoms with E-state index in [1.54, 1.807) is 0 Å². The van der Waals surface area contributed by atoms with Crippen LogP contribution in [0.1, 0.15) is 76.8 Å². The number of hydrogen-bond acceptors (Lipinski definition) is 1. The fourth-order valence-electron chi connectivity index (χ4n) is 3.66. The van der Waals surface area contributed by atoms with Crippen LogP contribution in [0.2, 0.25) is 0 Å². The number of amides is 1. The van der Waals surface area contributed by atoms with E-state index in [0.29, 0.717) is 6.54 Å². The van der Waals surface area contributed by atoms with Crippen LogP contribution in [0, 0.1) is 0 Å². The van der Waals surface area contributed by atoms with Crippen molar-refractivity contribution in [2.45, 2.75) is 78.4 Å². The van der Waals surface area contributed by atoms with E-state index in [2.05, 4.69) is 81.8 Å². The molecule has 0 bridgehead atoms. The number of benzene rings is 2. The molecular weight excluding hydrogens is 430 g/mol. The van der Waals surface area contributed by atoms with E-state index in [-0.39, 0.29) is 35.2 Å². The number of hydrogen-bond donors (Lipinski definition) is 1. The maximum absolute atomic E-state index is 12.9. The van der Waals surface area contributed by atoms with Crippen molar-refractivity contribution < 1.29 is 21.8 Å². The van der Waals surface area contributed by atoms with Gasteiger partial charge in [-0.15, -0.1) is 0 Å². The van der Waals surface area contributed by atoms with E-state index in [1.807, 2.05) is 48.4 Å². The Hall–Kier alpha value is -2.59. The third-order valence-corrected chi connectivity index (χ3v) is 5.94. The Bertz CT molecular complexity index is 1030. The smallest absolute Gasteiger partial charge is 0.265 e. The maximum Gasteiger partial charge on any atom is 0.265 e. The molecule has 1 amide bonds. The molecule has 3 rings (SSSR count). The quantitative estimate of drug-likeness (QED) is 0.555. The van der Waals surface area contributed by atoms with Gasteiger partial charge in [0.15, 0.2) is 6.04 Å². The number of nitrogens with zero attached hydrogens (tertiary/aromatic N) is 2. The van der Waals surface area contributed by atoms with E-state index in [0.717, 1.165) is 12.1 Å². The predicted molar refractivity (Wildman–Crippen MR) is 131 cm³/mol. The summed E-state index contributed by atoms with van der Waals surface area (Å²) in [6.45, 7) is 16.6. The second-order valence-electron chi connectivity index (χ2n) is 10.8. The topological polar surface area (TPSA) is 37.9 Å². The van der Waals surface area contributed by atoms with Crippen molar-refractivity contribution in [1.82, 2.24) is 9.88 Å². The molecule has 3 aromatic rings. The highest BCUT2D eigenvalue weighted by molar-refractivity contribution is 5.79. The lowest BCUT2D eigenvalue weighted by atomic mass is 9.79. The van der Waals surface area contributed by atoms with Crippen molar-refractivity contribution in [3.05, 3.63) is 89.5 Å². The molecular formula is C28H38ClN3O. The summed E-state index contributed by atoms with van der Waals surface area (Å²) >= 11 is 0. The minimum absolute atomic E-state index is 0. The number of carbonyl (C=O) groups excluding carboxylic acids is 1. The highest BCUT2D eigenvalue weighted by atomic mass is 35.5. The predicted octanol–water partition coefficient (Wildman–Crippen LogP) is 2.30.